The molecule has 5 aromatic rings. The third kappa shape index (κ3) is 2.70. The molecule has 0 bridgehead atoms. The van der Waals surface area contributed by atoms with Gasteiger partial charge in [0.2, 0.25) is 0 Å². The third-order valence-electron chi connectivity index (χ3n) is 5.37. The van der Waals surface area contributed by atoms with Crippen LogP contribution in [0.5, 0.6) is 0 Å². The van der Waals surface area contributed by atoms with E-state index in [0.29, 0.717) is 6.54 Å². The molecule has 3 heterocycles. The number of para-hydroxylation sites is 3. The molecule has 0 spiro atoms. The summed E-state index contributed by atoms with van der Waals surface area (Å²) >= 11 is 0. The molecule has 6 rings (SSSR count). The zero-order chi connectivity index (χ0) is 18.7. The minimum absolute atomic E-state index is 0. The number of carbonyl (C=O) groups excluding carboxylic acids is 1. The Hall–Kier alpha value is -3.57. The van der Waals surface area contributed by atoms with Gasteiger partial charge in [-0.25, -0.2) is 4.98 Å². The Balaban J connectivity index is 0.00000181. The molecule has 5 nitrogen and oxygen atoms in total. The lowest BCUT2D eigenvalue weighted by Gasteiger charge is -2.08. The van der Waals surface area contributed by atoms with Crippen LogP contribution in [-0.4, -0.2) is 20.9 Å². The lowest BCUT2D eigenvalue weighted by atomic mass is 9.96. The number of rotatable bonds is 2. The average Bonchev–Trinajstić information content (AvgIpc) is 3.43. The maximum absolute atomic E-state index is 12.5. The molecule has 0 radical (unpaired) electrons. The van der Waals surface area contributed by atoms with Crippen LogP contribution in [-0.2, 0) is 6.54 Å². The highest BCUT2D eigenvalue weighted by atomic mass is 35.5. The highest BCUT2D eigenvalue weighted by Crippen LogP contribution is 2.35. The molecule has 3 aromatic carbocycles. The largest absolute Gasteiger partial charge is 0.355 e. The standard InChI is InChI=1S/C23H16N4O.ClH/c28-23-21-15(12-24-23)9-14(22-26-18-7-3-4-8-19(18)27-22)10-16(21)20-11-13-5-1-2-6-17(13)25-20;/h1-11,25H,12H2,(H,24,28)(H,26,27);1H. The molecule has 0 saturated carbocycles. The number of aromatic nitrogens is 3. The second-order valence-electron chi connectivity index (χ2n) is 7.11. The van der Waals surface area contributed by atoms with Crippen molar-refractivity contribution in [3.63, 3.8) is 0 Å². The average molecular weight is 401 g/mol. The SMILES string of the molecule is Cl.O=C1NCc2cc(-c3nc4ccccc4[nH]3)cc(-c3cc4ccccc4[nH]3)c21. The van der Waals surface area contributed by atoms with E-state index in [4.69, 9.17) is 4.98 Å². The Morgan fingerprint density at radius 1 is 0.862 bits per heavy atom. The van der Waals surface area contributed by atoms with Crippen molar-refractivity contribution in [3.05, 3.63) is 77.9 Å². The summed E-state index contributed by atoms with van der Waals surface area (Å²) in [5.41, 5.74) is 7.53. The summed E-state index contributed by atoms with van der Waals surface area (Å²) in [7, 11) is 0. The molecule has 6 heteroatoms. The van der Waals surface area contributed by atoms with E-state index in [0.717, 1.165) is 55.7 Å². The number of H-pyrrole nitrogens is 2. The maximum Gasteiger partial charge on any atom is 0.252 e. The van der Waals surface area contributed by atoms with Gasteiger partial charge in [-0.2, -0.15) is 0 Å². The fourth-order valence-electron chi connectivity index (χ4n) is 4.03. The predicted molar refractivity (Wildman–Crippen MR) is 117 cm³/mol. The van der Waals surface area contributed by atoms with Crippen LogP contribution >= 0.6 is 12.4 Å². The van der Waals surface area contributed by atoms with Crippen LogP contribution in [0.2, 0.25) is 0 Å². The molecule has 3 N–H and O–H groups in total. The van der Waals surface area contributed by atoms with E-state index >= 15 is 0 Å². The van der Waals surface area contributed by atoms with Crippen LogP contribution in [0.3, 0.4) is 0 Å². The van der Waals surface area contributed by atoms with Crippen molar-refractivity contribution in [2.45, 2.75) is 6.54 Å². The molecule has 2 aromatic heterocycles. The Labute approximate surface area is 172 Å². The van der Waals surface area contributed by atoms with E-state index in [-0.39, 0.29) is 18.3 Å². The molecule has 1 aliphatic rings. The van der Waals surface area contributed by atoms with Gasteiger partial charge >= 0.3 is 0 Å². The second-order valence-corrected chi connectivity index (χ2v) is 7.11. The quantitative estimate of drug-likeness (QED) is 0.388. The summed E-state index contributed by atoms with van der Waals surface area (Å²) in [5.74, 6) is 0.778. The number of nitrogens with one attached hydrogen (secondary N) is 3. The van der Waals surface area contributed by atoms with E-state index in [1.807, 2.05) is 48.5 Å². The number of hydrogen-bond acceptors (Lipinski definition) is 2. The van der Waals surface area contributed by atoms with Crippen molar-refractivity contribution in [2.75, 3.05) is 0 Å². The molecule has 1 amide bonds. The summed E-state index contributed by atoms with van der Waals surface area (Å²) in [6.45, 7) is 0.537. The number of nitrogens with zero attached hydrogens (tertiary/aromatic N) is 1. The van der Waals surface area contributed by atoms with Gasteiger partial charge in [-0.15, -0.1) is 12.4 Å². The Morgan fingerprint density at radius 3 is 2.48 bits per heavy atom. The van der Waals surface area contributed by atoms with Crippen LogP contribution in [0.4, 0.5) is 0 Å². The molecule has 29 heavy (non-hydrogen) atoms. The second kappa shape index (κ2) is 6.50. The number of benzene rings is 3. The van der Waals surface area contributed by atoms with Crippen molar-refractivity contribution < 1.29 is 4.79 Å². The van der Waals surface area contributed by atoms with Crippen LogP contribution in [0, 0.1) is 0 Å². The molecule has 0 aliphatic carbocycles. The van der Waals surface area contributed by atoms with Crippen LogP contribution < -0.4 is 5.32 Å². The number of fused-ring (bicyclic) bond motifs is 3. The van der Waals surface area contributed by atoms with Gasteiger partial charge in [-0.05, 0) is 42.0 Å². The molecule has 0 fully saturated rings. The molecular formula is C23H17ClN4O. The van der Waals surface area contributed by atoms with Gasteiger partial charge in [0.15, 0.2) is 0 Å². The monoisotopic (exact) mass is 400 g/mol. The number of imidazole rings is 1. The van der Waals surface area contributed by atoms with Gasteiger partial charge in [0, 0.05) is 34.3 Å². The first-order valence-electron chi connectivity index (χ1n) is 9.25. The Morgan fingerprint density at radius 2 is 1.66 bits per heavy atom. The molecule has 142 valence electrons. The van der Waals surface area contributed by atoms with Crippen molar-refractivity contribution >= 4 is 40.3 Å². The van der Waals surface area contributed by atoms with Gasteiger partial charge in [0.25, 0.3) is 5.91 Å². The van der Waals surface area contributed by atoms with Crippen molar-refractivity contribution in [2.24, 2.45) is 0 Å². The maximum atomic E-state index is 12.5. The molecule has 1 aliphatic heterocycles. The van der Waals surface area contributed by atoms with Gasteiger partial charge < -0.3 is 15.3 Å². The number of carbonyl (C=O) groups is 1. The lowest BCUT2D eigenvalue weighted by Crippen LogP contribution is -2.13. The number of hydrogen-bond donors (Lipinski definition) is 3. The van der Waals surface area contributed by atoms with Gasteiger partial charge in [0.1, 0.15) is 5.82 Å². The molecular weight excluding hydrogens is 384 g/mol. The number of aromatic amines is 2. The van der Waals surface area contributed by atoms with Crippen molar-refractivity contribution in [3.8, 4) is 22.6 Å². The zero-order valence-corrected chi connectivity index (χ0v) is 16.1. The van der Waals surface area contributed by atoms with E-state index < -0.39 is 0 Å². The minimum Gasteiger partial charge on any atom is -0.355 e. The molecule has 0 atom stereocenters. The van der Waals surface area contributed by atoms with E-state index in [1.54, 1.807) is 0 Å². The summed E-state index contributed by atoms with van der Waals surface area (Å²) in [6.07, 6.45) is 0. The van der Waals surface area contributed by atoms with Crippen LogP contribution in [0.25, 0.3) is 44.6 Å². The van der Waals surface area contributed by atoms with E-state index in [1.165, 1.54) is 0 Å². The van der Waals surface area contributed by atoms with E-state index in [9.17, 15) is 4.79 Å². The zero-order valence-electron chi connectivity index (χ0n) is 15.3. The van der Waals surface area contributed by atoms with Crippen LogP contribution in [0.1, 0.15) is 15.9 Å². The van der Waals surface area contributed by atoms with E-state index in [2.05, 4.69) is 33.5 Å². The van der Waals surface area contributed by atoms with Crippen LogP contribution in [0.15, 0.2) is 66.7 Å². The summed E-state index contributed by atoms with van der Waals surface area (Å²) in [4.78, 5) is 24.1. The smallest absolute Gasteiger partial charge is 0.252 e. The fraction of sp³-hybridized carbons (Fsp3) is 0.0435. The highest BCUT2D eigenvalue weighted by molar-refractivity contribution is 6.06. The van der Waals surface area contributed by atoms with Gasteiger partial charge in [-0.3, -0.25) is 4.79 Å². The first-order valence-corrected chi connectivity index (χ1v) is 9.25. The Bertz CT molecular complexity index is 1330. The summed E-state index contributed by atoms with van der Waals surface area (Å²) in [6, 6.07) is 22.3. The Kier molecular flexibility index (Phi) is 3.93. The lowest BCUT2D eigenvalue weighted by molar-refractivity contribution is 0.0966. The predicted octanol–water partition coefficient (Wildman–Crippen LogP) is 5.04. The number of halogens is 1. The van der Waals surface area contributed by atoms with Crippen molar-refractivity contribution in [1.82, 2.24) is 20.3 Å². The molecule has 0 unspecified atom stereocenters. The first kappa shape index (κ1) is 17.5. The third-order valence-corrected chi connectivity index (χ3v) is 5.37. The van der Waals surface area contributed by atoms with Crippen molar-refractivity contribution in [1.29, 1.82) is 0 Å². The topological polar surface area (TPSA) is 73.6 Å². The summed E-state index contributed by atoms with van der Waals surface area (Å²) in [5, 5.41) is 4.07. The summed E-state index contributed by atoms with van der Waals surface area (Å²) < 4.78 is 0. The van der Waals surface area contributed by atoms with Gasteiger partial charge in [0.05, 0.1) is 16.6 Å². The molecule has 0 saturated heterocycles. The fourth-order valence-corrected chi connectivity index (χ4v) is 4.03. The van der Waals surface area contributed by atoms with Gasteiger partial charge in [-0.1, -0.05) is 30.3 Å². The highest BCUT2D eigenvalue weighted by Gasteiger charge is 2.25. The normalized spacial score (nSPS) is 12.8. The minimum atomic E-state index is -0.0280. The first-order chi connectivity index (χ1) is 13.8. The number of amides is 1.